The van der Waals surface area contributed by atoms with Gasteiger partial charge in [-0.05, 0) is 30.3 Å². The minimum absolute atomic E-state index is 0.289. The molecule has 4 nitrogen and oxygen atoms in total. The largest absolute Gasteiger partial charge is 0.486 e. The number of benzene rings is 2. The highest BCUT2D eigenvalue weighted by atomic mass is 19.1. The second-order valence-corrected chi connectivity index (χ2v) is 4.58. The summed E-state index contributed by atoms with van der Waals surface area (Å²) in [6.07, 6.45) is 0. The summed E-state index contributed by atoms with van der Waals surface area (Å²) in [5.74, 6) is 1.74. The number of ether oxygens (including phenoxy) is 2. The maximum Gasteiger partial charge on any atom is 0.172 e. The maximum absolute atomic E-state index is 13.2. The second kappa shape index (κ2) is 4.23. The van der Waals surface area contributed by atoms with E-state index in [1.807, 2.05) is 18.2 Å². The first-order chi connectivity index (χ1) is 9.81. The standard InChI is InChI=1S/C15H11FN2O2/c16-9-4-5-11-12(8-9)18-15(17-11)10-2-1-3-13-14(10)20-7-6-19-13/h1-5,8H,6-7H2,(H,17,18). The van der Waals surface area contributed by atoms with E-state index in [-0.39, 0.29) is 5.82 Å². The van der Waals surface area contributed by atoms with E-state index in [4.69, 9.17) is 9.47 Å². The molecule has 3 aromatic rings. The Morgan fingerprint density at radius 3 is 2.95 bits per heavy atom. The van der Waals surface area contributed by atoms with Gasteiger partial charge in [0.15, 0.2) is 11.5 Å². The van der Waals surface area contributed by atoms with Crippen LogP contribution in [0.1, 0.15) is 0 Å². The predicted molar refractivity (Wildman–Crippen MR) is 72.5 cm³/mol. The van der Waals surface area contributed by atoms with Crippen LogP contribution >= 0.6 is 0 Å². The van der Waals surface area contributed by atoms with Gasteiger partial charge in [0.2, 0.25) is 0 Å². The van der Waals surface area contributed by atoms with Crippen molar-refractivity contribution in [2.75, 3.05) is 13.2 Å². The van der Waals surface area contributed by atoms with Gasteiger partial charge in [-0.25, -0.2) is 9.37 Å². The highest BCUT2D eigenvalue weighted by molar-refractivity contribution is 5.81. The number of para-hydroxylation sites is 1. The Labute approximate surface area is 114 Å². The molecule has 0 aliphatic carbocycles. The van der Waals surface area contributed by atoms with E-state index in [0.717, 1.165) is 11.1 Å². The van der Waals surface area contributed by atoms with Crippen molar-refractivity contribution in [2.45, 2.75) is 0 Å². The van der Waals surface area contributed by atoms with Crippen LogP contribution in [-0.2, 0) is 0 Å². The number of halogens is 1. The monoisotopic (exact) mass is 270 g/mol. The molecule has 0 fully saturated rings. The Kier molecular flexibility index (Phi) is 2.39. The smallest absolute Gasteiger partial charge is 0.172 e. The second-order valence-electron chi connectivity index (χ2n) is 4.58. The molecule has 0 bridgehead atoms. The molecule has 1 aromatic heterocycles. The number of imidazole rings is 1. The molecule has 100 valence electrons. The summed E-state index contributed by atoms with van der Waals surface area (Å²) in [4.78, 5) is 7.59. The van der Waals surface area contributed by atoms with Crippen molar-refractivity contribution in [3.05, 3.63) is 42.2 Å². The molecular weight excluding hydrogens is 259 g/mol. The lowest BCUT2D eigenvalue weighted by molar-refractivity contribution is 0.172. The molecular formula is C15H11FN2O2. The molecule has 0 radical (unpaired) electrons. The molecule has 20 heavy (non-hydrogen) atoms. The van der Waals surface area contributed by atoms with Gasteiger partial charge in [0.05, 0.1) is 16.6 Å². The lowest BCUT2D eigenvalue weighted by Crippen LogP contribution is -2.15. The molecule has 0 amide bonds. The third-order valence-electron chi connectivity index (χ3n) is 3.27. The van der Waals surface area contributed by atoms with Crippen molar-refractivity contribution in [3.8, 4) is 22.9 Å². The lowest BCUT2D eigenvalue weighted by atomic mass is 10.1. The molecule has 4 rings (SSSR count). The van der Waals surface area contributed by atoms with Crippen LogP contribution in [0.2, 0.25) is 0 Å². The van der Waals surface area contributed by atoms with E-state index in [1.165, 1.54) is 12.1 Å². The Hall–Kier alpha value is -2.56. The molecule has 0 unspecified atom stereocenters. The Bertz CT molecular complexity index is 798. The topological polar surface area (TPSA) is 47.1 Å². The molecule has 2 aromatic carbocycles. The van der Waals surface area contributed by atoms with Crippen LogP contribution in [0.3, 0.4) is 0 Å². The van der Waals surface area contributed by atoms with Gasteiger partial charge in [-0.1, -0.05) is 6.07 Å². The van der Waals surface area contributed by atoms with Crippen molar-refractivity contribution in [1.29, 1.82) is 0 Å². The van der Waals surface area contributed by atoms with Crippen molar-refractivity contribution in [3.63, 3.8) is 0 Å². The third-order valence-corrected chi connectivity index (χ3v) is 3.27. The van der Waals surface area contributed by atoms with Crippen LogP contribution in [0, 0.1) is 5.82 Å². The fourth-order valence-corrected chi connectivity index (χ4v) is 2.37. The van der Waals surface area contributed by atoms with Gasteiger partial charge < -0.3 is 14.5 Å². The minimum Gasteiger partial charge on any atom is -0.486 e. The van der Waals surface area contributed by atoms with Gasteiger partial charge in [-0.3, -0.25) is 0 Å². The molecule has 0 saturated carbocycles. The van der Waals surface area contributed by atoms with Crippen LogP contribution in [0.25, 0.3) is 22.4 Å². The Morgan fingerprint density at radius 1 is 1.10 bits per heavy atom. The summed E-state index contributed by atoms with van der Waals surface area (Å²) >= 11 is 0. The predicted octanol–water partition coefficient (Wildman–Crippen LogP) is 3.14. The van der Waals surface area contributed by atoms with Gasteiger partial charge in [-0.15, -0.1) is 0 Å². The number of rotatable bonds is 1. The van der Waals surface area contributed by atoms with E-state index in [2.05, 4.69) is 9.97 Å². The molecule has 0 saturated heterocycles. The number of fused-ring (bicyclic) bond motifs is 2. The zero-order chi connectivity index (χ0) is 13.5. The zero-order valence-corrected chi connectivity index (χ0v) is 10.5. The van der Waals surface area contributed by atoms with Gasteiger partial charge >= 0.3 is 0 Å². The quantitative estimate of drug-likeness (QED) is 0.739. The normalized spacial score (nSPS) is 13.7. The van der Waals surface area contributed by atoms with E-state index < -0.39 is 0 Å². The highest BCUT2D eigenvalue weighted by Gasteiger charge is 2.18. The van der Waals surface area contributed by atoms with Crippen molar-refractivity contribution in [2.24, 2.45) is 0 Å². The first-order valence-electron chi connectivity index (χ1n) is 6.35. The SMILES string of the molecule is Fc1ccc2nc(-c3cccc4c3OCCO4)[nH]c2c1. The number of nitrogens with one attached hydrogen (secondary N) is 1. The van der Waals surface area contributed by atoms with Crippen LogP contribution < -0.4 is 9.47 Å². The summed E-state index contributed by atoms with van der Waals surface area (Å²) in [5, 5.41) is 0. The molecule has 0 spiro atoms. The van der Waals surface area contributed by atoms with Crippen molar-refractivity contribution in [1.82, 2.24) is 9.97 Å². The average molecular weight is 270 g/mol. The zero-order valence-electron chi connectivity index (χ0n) is 10.5. The highest BCUT2D eigenvalue weighted by Crippen LogP contribution is 2.39. The van der Waals surface area contributed by atoms with E-state index in [0.29, 0.717) is 36.1 Å². The van der Waals surface area contributed by atoms with Crippen molar-refractivity contribution < 1.29 is 13.9 Å². The molecule has 5 heteroatoms. The molecule has 1 aliphatic rings. The van der Waals surface area contributed by atoms with E-state index in [1.54, 1.807) is 6.07 Å². The van der Waals surface area contributed by atoms with E-state index in [9.17, 15) is 4.39 Å². The van der Waals surface area contributed by atoms with Crippen LogP contribution in [0.5, 0.6) is 11.5 Å². The lowest BCUT2D eigenvalue weighted by Gasteiger charge is -2.20. The fraction of sp³-hybridized carbons (Fsp3) is 0.133. The minimum atomic E-state index is -0.289. The van der Waals surface area contributed by atoms with Gasteiger partial charge in [0.25, 0.3) is 0 Å². The number of aromatic amines is 1. The van der Waals surface area contributed by atoms with Gasteiger partial charge in [0, 0.05) is 0 Å². The molecule has 1 N–H and O–H groups in total. The number of nitrogens with zero attached hydrogens (tertiary/aromatic N) is 1. The Morgan fingerprint density at radius 2 is 2.00 bits per heavy atom. The van der Waals surface area contributed by atoms with Gasteiger partial charge in [0.1, 0.15) is 24.9 Å². The van der Waals surface area contributed by atoms with Crippen LogP contribution in [-0.4, -0.2) is 23.2 Å². The first kappa shape index (κ1) is 11.3. The Balaban J connectivity index is 1.90. The first-order valence-corrected chi connectivity index (χ1v) is 6.35. The summed E-state index contributed by atoms with van der Waals surface area (Å²) in [7, 11) is 0. The summed E-state index contributed by atoms with van der Waals surface area (Å²) in [6, 6.07) is 10.1. The van der Waals surface area contributed by atoms with Gasteiger partial charge in [-0.2, -0.15) is 0 Å². The number of hydrogen-bond acceptors (Lipinski definition) is 3. The average Bonchev–Trinajstić information content (AvgIpc) is 2.89. The van der Waals surface area contributed by atoms with Crippen molar-refractivity contribution >= 4 is 11.0 Å². The summed E-state index contributed by atoms with van der Waals surface area (Å²) in [5.41, 5.74) is 2.20. The third kappa shape index (κ3) is 1.71. The molecule has 1 aliphatic heterocycles. The molecule has 2 heterocycles. The number of aromatic nitrogens is 2. The number of hydrogen-bond donors (Lipinski definition) is 1. The molecule has 0 atom stereocenters. The maximum atomic E-state index is 13.2. The van der Waals surface area contributed by atoms with E-state index >= 15 is 0 Å². The fourth-order valence-electron chi connectivity index (χ4n) is 2.37. The summed E-state index contributed by atoms with van der Waals surface area (Å²) in [6.45, 7) is 1.06. The number of H-pyrrole nitrogens is 1. The van der Waals surface area contributed by atoms with Crippen LogP contribution in [0.15, 0.2) is 36.4 Å². The summed E-state index contributed by atoms with van der Waals surface area (Å²) < 4.78 is 24.5. The van der Waals surface area contributed by atoms with Crippen LogP contribution in [0.4, 0.5) is 4.39 Å².